The summed E-state index contributed by atoms with van der Waals surface area (Å²) < 4.78 is 5.34. The highest BCUT2D eigenvalue weighted by Crippen LogP contribution is 2.34. The van der Waals surface area contributed by atoms with Crippen molar-refractivity contribution in [3.05, 3.63) is 102 Å². The molecule has 5 atom stereocenters. The number of carbonyl (C=O) groups is 3. The fraction of sp³-hybridized carbons (Fsp3) is 0.462. The summed E-state index contributed by atoms with van der Waals surface area (Å²) in [6.45, 7) is 7.31. The number of urea groups is 1. The van der Waals surface area contributed by atoms with E-state index in [1.165, 1.54) is 0 Å². The molecule has 1 unspecified atom stereocenters. The van der Waals surface area contributed by atoms with E-state index < -0.39 is 29.8 Å². The average molecular weight is 672 g/mol. The van der Waals surface area contributed by atoms with Crippen LogP contribution in [0.2, 0.25) is 0 Å². The Morgan fingerprint density at radius 1 is 0.959 bits per heavy atom. The minimum absolute atomic E-state index is 0.145. The molecule has 1 saturated heterocycles. The molecule has 1 heterocycles. The van der Waals surface area contributed by atoms with Crippen molar-refractivity contribution in [2.75, 3.05) is 26.7 Å². The average Bonchev–Trinajstić information content (AvgIpc) is 3.44. The SMILES string of the molecule is CCNC(=O)N[C@]1([C@@H](C)CC)CCN([C@H](CCc2ccccc2)C(=O)N[C@@H](Cc2ccccc2)C(O)CNCc2cccc(OC)c2)C1=O. The molecule has 4 rings (SSSR count). The molecule has 10 nitrogen and oxygen atoms in total. The summed E-state index contributed by atoms with van der Waals surface area (Å²) in [5, 5.41) is 23.7. The van der Waals surface area contributed by atoms with Gasteiger partial charge in [0.25, 0.3) is 0 Å². The van der Waals surface area contributed by atoms with Crippen molar-refractivity contribution in [3.63, 3.8) is 0 Å². The summed E-state index contributed by atoms with van der Waals surface area (Å²) in [5.41, 5.74) is 1.92. The molecular weight excluding hydrogens is 618 g/mol. The molecule has 1 aliphatic heterocycles. The number of nitrogens with one attached hydrogen (secondary N) is 4. The number of methoxy groups -OCH3 is 1. The van der Waals surface area contributed by atoms with Gasteiger partial charge in [-0.25, -0.2) is 4.79 Å². The summed E-state index contributed by atoms with van der Waals surface area (Å²) in [7, 11) is 1.63. The number of aliphatic hydroxyl groups excluding tert-OH is 1. The molecule has 0 radical (unpaired) electrons. The molecular formula is C39H53N5O5. The number of amides is 4. The maximum absolute atomic E-state index is 14.4. The molecule has 10 heteroatoms. The van der Waals surface area contributed by atoms with E-state index in [0.29, 0.717) is 51.7 Å². The molecule has 0 spiro atoms. The lowest BCUT2D eigenvalue weighted by molar-refractivity contribution is -0.142. The third kappa shape index (κ3) is 10.1. The predicted octanol–water partition coefficient (Wildman–Crippen LogP) is 4.21. The summed E-state index contributed by atoms with van der Waals surface area (Å²) in [6.07, 6.45) is 1.54. The number of ether oxygens (including phenoxy) is 1. The smallest absolute Gasteiger partial charge is 0.315 e. The number of benzene rings is 3. The van der Waals surface area contributed by atoms with Gasteiger partial charge < -0.3 is 36.0 Å². The highest BCUT2D eigenvalue weighted by Gasteiger charge is 2.53. The van der Waals surface area contributed by atoms with Crippen LogP contribution < -0.4 is 26.0 Å². The van der Waals surface area contributed by atoms with Crippen molar-refractivity contribution in [2.45, 2.75) is 83.1 Å². The molecule has 3 aromatic carbocycles. The maximum Gasteiger partial charge on any atom is 0.315 e. The topological polar surface area (TPSA) is 132 Å². The van der Waals surface area contributed by atoms with Crippen LogP contribution in [0.15, 0.2) is 84.9 Å². The fourth-order valence-electron chi connectivity index (χ4n) is 6.61. The Hall–Kier alpha value is -4.41. The van der Waals surface area contributed by atoms with Crippen LogP contribution in [0.3, 0.4) is 0 Å². The maximum atomic E-state index is 14.4. The van der Waals surface area contributed by atoms with Gasteiger partial charge in [0.2, 0.25) is 11.8 Å². The molecule has 0 saturated carbocycles. The van der Waals surface area contributed by atoms with Crippen molar-refractivity contribution in [1.29, 1.82) is 0 Å². The molecule has 1 aliphatic rings. The largest absolute Gasteiger partial charge is 0.497 e. The molecule has 3 aromatic rings. The molecule has 4 amide bonds. The first kappa shape index (κ1) is 37.4. The van der Waals surface area contributed by atoms with Gasteiger partial charge in [0.15, 0.2) is 0 Å². The lowest BCUT2D eigenvalue weighted by atomic mass is 9.81. The van der Waals surface area contributed by atoms with Crippen molar-refractivity contribution in [1.82, 2.24) is 26.2 Å². The zero-order valence-electron chi connectivity index (χ0n) is 29.3. The van der Waals surface area contributed by atoms with Gasteiger partial charge in [0.05, 0.1) is 19.3 Å². The van der Waals surface area contributed by atoms with E-state index in [1.807, 2.05) is 106 Å². The second-order valence-electron chi connectivity index (χ2n) is 12.9. The van der Waals surface area contributed by atoms with Crippen LogP contribution in [0, 0.1) is 5.92 Å². The zero-order valence-corrected chi connectivity index (χ0v) is 29.3. The lowest BCUT2D eigenvalue weighted by Crippen LogP contribution is -2.62. The lowest BCUT2D eigenvalue weighted by Gasteiger charge is -2.36. The van der Waals surface area contributed by atoms with Gasteiger partial charge in [-0.15, -0.1) is 0 Å². The normalized spacial score (nSPS) is 18.3. The van der Waals surface area contributed by atoms with Crippen LogP contribution in [-0.4, -0.2) is 78.3 Å². The number of rotatable bonds is 18. The number of likely N-dealkylation sites (tertiary alicyclic amines) is 1. The number of hydrogen-bond donors (Lipinski definition) is 5. The Kier molecular flexibility index (Phi) is 14.0. The van der Waals surface area contributed by atoms with E-state index in [2.05, 4.69) is 21.3 Å². The van der Waals surface area contributed by atoms with E-state index >= 15 is 0 Å². The van der Waals surface area contributed by atoms with E-state index in [9.17, 15) is 19.5 Å². The highest BCUT2D eigenvalue weighted by molar-refractivity contribution is 5.96. The third-order valence-electron chi connectivity index (χ3n) is 9.65. The molecule has 49 heavy (non-hydrogen) atoms. The first-order chi connectivity index (χ1) is 23.7. The second-order valence-corrected chi connectivity index (χ2v) is 12.9. The van der Waals surface area contributed by atoms with Crippen LogP contribution >= 0.6 is 0 Å². The van der Waals surface area contributed by atoms with Crippen LogP contribution in [0.25, 0.3) is 0 Å². The van der Waals surface area contributed by atoms with Crippen molar-refractivity contribution in [3.8, 4) is 5.75 Å². The van der Waals surface area contributed by atoms with Crippen molar-refractivity contribution >= 4 is 17.8 Å². The number of carbonyl (C=O) groups excluding carboxylic acids is 3. The van der Waals surface area contributed by atoms with Gasteiger partial charge in [-0.3, -0.25) is 9.59 Å². The first-order valence-electron chi connectivity index (χ1n) is 17.5. The van der Waals surface area contributed by atoms with Crippen molar-refractivity contribution in [2.24, 2.45) is 5.92 Å². The Bertz CT molecular complexity index is 1490. The third-order valence-corrected chi connectivity index (χ3v) is 9.65. The Morgan fingerprint density at radius 2 is 1.63 bits per heavy atom. The van der Waals surface area contributed by atoms with Gasteiger partial charge in [0, 0.05) is 26.2 Å². The summed E-state index contributed by atoms with van der Waals surface area (Å²) in [6, 6.07) is 25.5. The van der Waals surface area contributed by atoms with Crippen LogP contribution in [-0.2, 0) is 29.0 Å². The number of aliphatic hydroxyl groups is 1. The second kappa shape index (κ2) is 18.4. The van der Waals surface area contributed by atoms with Crippen LogP contribution in [0.1, 0.15) is 56.7 Å². The Labute approximate surface area is 291 Å². The summed E-state index contributed by atoms with van der Waals surface area (Å²) >= 11 is 0. The van der Waals surface area contributed by atoms with Gasteiger partial charge >= 0.3 is 6.03 Å². The highest BCUT2D eigenvalue weighted by atomic mass is 16.5. The van der Waals surface area contributed by atoms with Gasteiger partial charge in [-0.05, 0) is 67.3 Å². The molecule has 5 N–H and O–H groups in total. The van der Waals surface area contributed by atoms with Crippen molar-refractivity contribution < 1.29 is 24.2 Å². The standard InChI is InChI=1S/C39H53N5O5/c1-5-28(3)39(43-38(48)41-6-2)22-23-44(37(39)47)34(21-20-29-14-9-7-10-15-29)36(46)42-33(25-30-16-11-8-12-17-30)35(45)27-40-26-31-18-13-19-32(24-31)49-4/h7-19,24,28,33-35,40,45H,5-6,20-23,25-27H2,1-4H3,(H,42,46)(H2,41,43,48)/t28-,33-,34+,35?,39-/m0/s1. The molecule has 0 aliphatic carbocycles. The van der Waals surface area contributed by atoms with Gasteiger partial charge in [-0.1, -0.05) is 93.1 Å². The van der Waals surface area contributed by atoms with Crippen LogP contribution in [0.4, 0.5) is 4.79 Å². The van der Waals surface area contributed by atoms with E-state index in [0.717, 1.165) is 22.4 Å². The molecule has 1 fully saturated rings. The zero-order chi connectivity index (χ0) is 35.2. The Morgan fingerprint density at radius 3 is 2.29 bits per heavy atom. The predicted molar refractivity (Wildman–Crippen MR) is 192 cm³/mol. The van der Waals surface area contributed by atoms with Crippen LogP contribution in [0.5, 0.6) is 5.75 Å². The fourth-order valence-corrected chi connectivity index (χ4v) is 6.61. The molecule has 0 bridgehead atoms. The summed E-state index contributed by atoms with van der Waals surface area (Å²) in [4.78, 5) is 43.2. The molecule has 264 valence electrons. The molecule has 0 aromatic heterocycles. The number of hydrogen-bond acceptors (Lipinski definition) is 6. The van der Waals surface area contributed by atoms with E-state index in [-0.39, 0.29) is 24.3 Å². The number of aryl methyl sites for hydroxylation is 1. The number of nitrogens with zero attached hydrogens (tertiary/aromatic N) is 1. The van der Waals surface area contributed by atoms with E-state index in [1.54, 1.807) is 12.0 Å². The minimum Gasteiger partial charge on any atom is -0.497 e. The van der Waals surface area contributed by atoms with Gasteiger partial charge in [0.1, 0.15) is 17.3 Å². The van der Waals surface area contributed by atoms with Gasteiger partial charge in [-0.2, -0.15) is 0 Å². The first-order valence-corrected chi connectivity index (χ1v) is 17.5. The minimum atomic E-state index is -1.12. The van der Waals surface area contributed by atoms with E-state index in [4.69, 9.17) is 4.74 Å². The summed E-state index contributed by atoms with van der Waals surface area (Å²) in [5.74, 6) is 0.0378. The quantitative estimate of drug-likeness (QED) is 0.138. The monoisotopic (exact) mass is 671 g/mol. The Balaban J connectivity index is 1.57.